The molecule has 8 aliphatic rings. The molecule has 8 aliphatic heterocycles. The number of hydrogen-bond donors (Lipinski definition) is 4. The average Bonchev–Trinajstić information content (AvgIpc) is 4.12. The molecular weight excluding hydrogens is 1130 g/mol. The van der Waals surface area contributed by atoms with E-state index in [2.05, 4.69) is 16.0 Å². The number of hydrogen-bond acceptors (Lipinski definition) is 12. The fourth-order valence-electron chi connectivity index (χ4n) is 10.7. The van der Waals surface area contributed by atoms with Gasteiger partial charge in [0.25, 0.3) is 11.8 Å². The van der Waals surface area contributed by atoms with Gasteiger partial charge >= 0.3 is 23.5 Å². The summed E-state index contributed by atoms with van der Waals surface area (Å²) < 4.78 is 86.4. The maximum absolute atomic E-state index is 13.1. The summed E-state index contributed by atoms with van der Waals surface area (Å²) in [5.41, 5.74) is -1.76. The predicted molar refractivity (Wildman–Crippen MR) is 287 cm³/mol. The topological polar surface area (TPSA) is 251 Å². The maximum Gasteiger partial charge on any atom is 0.490 e. The van der Waals surface area contributed by atoms with Crippen LogP contribution in [0.3, 0.4) is 0 Å². The molecule has 8 heterocycles. The lowest BCUT2D eigenvalue weighted by Gasteiger charge is -2.37. The Morgan fingerprint density at radius 2 is 1.04 bits per heavy atom. The largest absolute Gasteiger partial charge is 0.490 e. The average molecular weight is 1190 g/mol. The second-order valence-electron chi connectivity index (χ2n) is 20.5. The van der Waals surface area contributed by atoms with Gasteiger partial charge in [-0.25, -0.2) is 26.4 Å². The van der Waals surface area contributed by atoms with Crippen LogP contribution in [0.15, 0.2) is 68.3 Å². The van der Waals surface area contributed by atoms with Gasteiger partial charge in [-0.05, 0) is 144 Å². The molecule has 4 N–H and O–H groups in total. The predicted octanol–water partition coefficient (Wildman–Crippen LogP) is 6.57. The zero-order chi connectivity index (χ0) is 56.5. The van der Waals surface area contributed by atoms with Crippen LogP contribution in [0.4, 0.5) is 22.8 Å². The van der Waals surface area contributed by atoms with Crippen LogP contribution in [-0.4, -0.2) is 182 Å². The number of carboxylic acids is 1. The Kier molecular flexibility index (Phi) is 20.6. The van der Waals surface area contributed by atoms with Crippen molar-refractivity contribution in [3.63, 3.8) is 0 Å². The molecule has 2 atom stereocenters. The highest BCUT2D eigenvalue weighted by atomic mass is 35.5. The molecule has 2 aromatic carbocycles. The minimum Gasteiger partial charge on any atom is -0.475 e. The van der Waals surface area contributed by atoms with Gasteiger partial charge in [0, 0.05) is 93.9 Å². The van der Waals surface area contributed by atoms with Gasteiger partial charge in [-0.2, -0.15) is 21.8 Å². The van der Waals surface area contributed by atoms with Crippen molar-refractivity contribution in [3.8, 4) is 0 Å². The number of halogens is 6. The first-order valence-electron chi connectivity index (χ1n) is 26.3. The Morgan fingerprint density at radius 1 is 0.615 bits per heavy atom. The number of piperidine rings is 6. The number of amidine groups is 2. The molecule has 2 unspecified atom stereocenters. The first-order valence-corrected chi connectivity index (χ1v) is 30.3. The minimum absolute atomic E-state index is 0.00552. The van der Waals surface area contributed by atoms with Crippen molar-refractivity contribution < 1.29 is 59.1 Å². The number of amides is 5. The van der Waals surface area contributed by atoms with Crippen LogP contribution < -0.4 is 16.0 Å². The molecule has 0 bridgehead atoms. The monoisotopic (exact) mass is 1190 g/mol. The molecule has 78 heavy (non-hydrogen) atoms. The quantitative estimate of drug-likeness (QED) is 0.178. The van der Waals surface area contributed by atoms with E-state index in [4.69, 9.17) is 54.7 Å². The molecule has 28 heteroatoms. The third-order valence-corrected chi connectivity index (χ3v) is 19.7. The highest BCUT2D eigenvalue weighted by Gasteiger charge is 2.50. The summed E-state index contributed by atoms with van der Waals surface area (Å²) in [4.78, 5) is 73.5. The number of likely N-dealkylation sites (tertiary alicyclic amines) is 3. The smallest absolute Gasteiger partial charge is 0.475 e. The molecule has 20 nitrogen and oxygen atoms in total. The summed E-state index contributed by atoms with van der Waals surface area (Å²) in [6.07, 6.45) is 6.91. The molecule has 2 spiro atoms. The zero-order valence-corrected chi connectivity index (χ0v) is 46.9. The van der Waals surface area contributed by atoms with Crippen LogP contribution in [0.2, 0.25) is 10.0 Å². The third-order valence-electron chi connectivity index (χ3n) is 15.2. The van der Waals surface area contributed by atoms with Gasteiger partial charge in [-0.3, -0.25) is 24.4 Å². The molecule has 0 saturated carbocycles. The second kappa shape index (κ2) is 26.3. The van der Waals surface area contributed by atoms with Crippen LogP contribution in [0.25, 0.3) is 0 Å². The molecule has 0 aliphatic carbocycles. The molecule has 10 rings (SSSR count). The normalized spacial score (nSPS) is 23.7. The number of carbonyl (C=O) groups excluding carboxylic acids is 4. The van der Waals surface area contributed by atoms with E-state index in [9.17, 15) is 49.2 Å². The van der Waals surface area contributed by atoms with Crippen molar-refractivity contribution in [1.82, 2.24) is 39.3 Å². The first kappa shape index (κ1) is 61.0. The Bertz CT molecular complexity index is 2800. The Balaban J connectivity index is 0.000000180. The second-order valence-corrected chi connectivity index (χ2v) is 25.5. The zero-order valence-electron chi connectivity index (χ0n) is 43.0. The van der Waals surface area contributed by atoms with E-state index in [1.807, 2.05) is 9.80 Å². The van der Waals surface area contributed by atoms with Crippen molar-refractivity contribution >= 4 is 95.7 Å². The van der Waals surface area contributed by atoms with Crippen molar-refractivity contribution in [2.24, 2.45) is 21.8 Å². The van der Waals surface area contributed by atoms with Gasteiger partial charge in [0.1, 0.15) is 22.7 Å². The number of alkyl halides is 3. The number of urea groups is 1. The van der Waals surface area contributed by atoms with E-state index in [0.717, 1.165) is 103 Å². The lowest BCUT2D eigenvalue weighted by Crippen LogP contribution is -2.52. The van der Waals surface area contributed by atoms with Crippen molar-refractivity contribution in [2.45, 2.75) is 117 Å². The Hall–Kier alpha value is -4.63. The van der Waals surface area contributed by atoms with Gasteiger partial charge in [-0.15, -0.1) is 0 Å². The van der Waals surface area contributed by atoms with Crippen LogP contribution in [0.1, 0.15) is 89.9 Å². The lowest BCUT2D eigenvalue weighted by atomic mass is 9.89. The number of sulfonamides is 2. The van der Waals surface area contributed by atoms with E-state index in [1.165, 1.54) is 39.7 Å². The number of benzene rings is 2. The number of aliphatic imine (C=N–C) groups is 2. The molecule has 6 saturated heterocycles. The number of nitrogens with zero attached hydrogens (tertiary/aromatic N) is 7. The molecule has 0 aromatic heterocycles. The molecule has 5 amide bonds. The number of nitrogens with one attached hydrogen (secondary N) is 3. The van der Waals surface area contributed by atoms with Gasteiger partial charge < -0.3 is 35.8 Å². The Labute approximate surface area is 467 Å². The van der Waals surface area contributed by atoms with Crippen LogP contribution >= 0.6 is 34.8 Å². The minimum atomic E-state index is -5.08. The van der Waals surface area contributed by atoms with Crippen LogP contribution in [0.5, 0.6) is 0 Å². The first-order chi connectivity index (χ1) is 36.9. The standard InChI is InChI=1S/C24H32ClN5O4S.C18H23ClN4O3S.C6H10ClNO.C2HF3O2/c25-19-7-4-8-20(16-19)35(33,34)30-14-9-24(10-15-30)22(31)26-21(27-24)18-6-5-13-29(17-18)23(32)28-11-2-1-3-12-28;19-14-4-1-5-15(11-14)27(25,26)23-9-6-18(7-10-23)17(24)21-16(22-18)13-3-2-8-20-12-13;7-6(9)8-4-2-1-3-5-8;3-2(4,5)1(6)7/h4,7-8,16,18H,1-3,5-6,9-15,17H2,(H,26,27,31);1,4-5,11,13,20H,2-3,6-10,12H2,(H,21,22,24);1-5H2;(H,6,7). The van der Waals surface area contributed by atoms with Crippen LogP contribution in [0, 0.1) is 11.8 Å². The maximum atomic E-state index is 13.1. The van der Waals surface area contributed by atoms with E-state index < -0.39 is 43.3 Å². The fraction of sp³-hybridized carbons (Fsp3) is 0.620. The Morgan fingerprint density at radius 3 is 1.44 bits per heavy atom. The lowest BCUT2D eigenvalue weighted by molar-refractivity contribution is -0.192. The van der Waals surface area contributed by atoms with E-state index in [1.54, 1.807) is 35.2 Å². The number of aliphatic carboxylic acids is 1. The SMILES string of the molecule is O=C(Cl)N1CCCCC1.O=C(N1CCCCC1)N1CCCC(C2=NC3(CCN(S(=O)(=O)c4cccc(Cl)c4)CC3)C(=O)N2)C1.O=C(O)C(F)(F)F.O=C1NC(C2CCCNC2)=NC12CCN(S(=O)(=O)c1cccc(Cl)c1)CC2. The van der Waals surface area contributed by atoms with Crippen LogP contribution in [-0.2, 0) is 34.4 Å². The van der Waals surface area contributed by atoms with Gasteiger partial charge in [0.05, 0.1) is 9.79 Å². The third kappa shape index (κ3) is 15.0. The summed E-state index contributed by atoms with van der Waals surface area (Å²) >= 11 is 17.2. The van der Waals surface area contributed by atoms with Crippen molar-refractivity contribution in [3.05, 3.63) is 58.6 Å². The highest BCUT2D eigenvalue weighted by Crippen LogP contribution is 2.37. The van der Waals surface area contributed by atoms with Gasteiger partial charge in [0.15, 0.2) is 0 Å². The van der Waals surface area contributed by atoms with Gasteiger partial charge in [-0.1, -0.05) is 35.3 Å². The van der Waals surface area contributed by atoms with E-state index >= 15 is 0 Å². The molecule has 0 radical (unpaired) electrons. The molecule has 430 valence electrons. The molecule has 6 fully saturated rings. The molecular formula is C50H66Cl3F3N10O10S2. The van der Waals surface area contributed by atoms with Crippen molar-refractivity contribution in [1.29, 1.82) is 0 Å². The number of carboxylic acid groups (broad SMARTS) is 1. The van der Waals surface area contributed by atoms with Crippen molar-refractivity contribution in [2.75, 3.05) is 78.5 Å². The van der Waals surface area contributed by atoms with E-state index in [-0.39, 0.29) is 71.0 Å². The summed E-state index contributed by atoms with van der Waals surface area (Å²) in [5, 5.41) is 16.9. The number of carbonyl (C=O) groups is 5. The van der Waals surface area contributed by atoms with E-state index in [0.29, 0.717) is 48.1 Å². The highest BCUT2D eigenvalue weighted by molar-refractivity contribution is 7.89. The summed E-state index contributed by atoms with van der Waals surface area (Å²) in [7, 11) is -7.31. The number of rotatable bonds is 6. The summed E-state index contributed by atoms with van der Waals surface area (Å²) in [6.45, 7) is 7.39. The summed E-state index contributed by atoms with van der Waals surface area (Å²) in [5.74, 6) is -1.37. The van der Waals surface area contributed by atoms with Gasteiger partial charge in [0.2, 0.25) is 20.0 Å². The fourth-order valence-corrected chi connectivity index (χ4v) is 14.4. The summed E-state index contributed by atoms with van der Waals surface area (Å²) in [6, 6.07) is 12.6. The molecule has 2 aromatic rings.